The van der Waals surface area contributed by atoms with E-state index in [1.54, 1.807) is 0 Å². The lowest BCUT2D eigenvalue weighted by Crippen LogP contribution is -2.39. The molecule has 0 aliphatic carbocycles. The van der Waals surface area contributed by atoms with Crippen molar-refractivity contribution in [3.05, 3.63) is 0 Å². The Kier molecular flexibility index (Phi) is 4.09. The van der Waals surface area contributed by atoms with Crippen LogP contribution >= 0.6 is 0 Å². The first kappa shape index (κ1) is 13.5. The second-order valence-electron chi connectivity index (χ2n) is 4.42. The average molecular weight is 244 g/mol. The predicted molar refractivity (Wildman–Crippen MR) is 56.0 cm³/mol. The van der Waals surface area contributed by atoms with Gasteiger partial charge in [-0.25, -0.2) is 9.59 Å². The summed E-state index contributed by atoms with van der Waals surface area (Å²) in [7, 11) is 1.21. The molecule has 1 heterocycles. The van der Waals surface area contributed by atoms with Crippen LogP contribution in [0.2, 0.25) is 0 Å². The minimum Gasteiger partial charge on any atom is -0.469 e. The molecule has 1 aliphatic rings. The molecule has 6 nitrogen and oxygen atoms in total. The number of methoxy groups -OCH3 is 1. The van der Waals surface area contributed by atoms with Gasteiger partial charge in [-0.2, -0.15) is 0 Å². The van der Waals surface area contributed by atoms with Gasteiger partial charge in [0.2, 0.25) is 5.60 Å². The highest BCUT2D eigenvalue weighted by Gasteiger charge is 2.52. The van der Waals surface area contributed by atoms with E-state index in [0.717, 1.165) is 0 Å². The summed E-state index contributed by atoms with van der Waals surface area (Å²) in [6.45, 7) is 3.93. The third-order valence-corrected chi connectivity index (χ3v) is 2.61. The second kappa shape index (κ2) is 5.16. The lowest BCUT2D eigenvalue weighted by molar-refractivity contribution is -0.154. The lowest BCUT2D eigenvalue weighted by atomic mass is 9.90. The molecule has 0 aromatic rings. The largest absolute Gasteiger partial charge is 0.517 e. The molecule has 96 valence electrons. The van der Waals surface area contributed by atoms with E-state index in [1.807, 2.05) is 13.8 Å². The normalized spacial score (nSPS) is 23.5. The number of carbonyl (C=O) groups is 3. The van der Waals surface area contributed by atoms with Crippen LogP contribution in [-0.2, 0) is 23.8 Å². The van der Waals surface area contributed by atoms with Crippen molar-refractivity contribution < 1.29 is 28.6 Å². The SMILES string of the molecule is COC(=O)CC1(CCC(C)C)OC(=O)OC1=O. The first-order valence-electron chi connectivity index (χ1n) is 5.41. The number of hydrogen-bond donors (Lipinski definition) is 0. The van der Waals surface area contributed by atoms with E-state index in [4.69, 9.17) is 4.74 Å². The van der Waals surface area contributed by atoms with Crippen molar-refractivity contribution in [3.8, 4) is 0 Å². The summed E-state index contributed by atoms with van der Waals surface area (Å²) in [6.07, 6.45) is -0.465. The fourth-order valence-electron chi connectivity index (χ4n) is 1.57. The summed E-state index contributed by atoms with van der Waals surface area (Å²) >= 11 is 0. The maximum absolute atomic E-state index is 11.6. The lowest BCUT2D eigenvalue weighted by Gasteiger charge is -2.22. The molecule has 0 radical (unpaired) electrons. The first-order chi connectivity index (χ1) is 7.89. The molecule has 0 spiro atoms. The molecular weight excluding hydrogens is 228 g/mol. The Bertz CT molecular complexity index is 335. The minimum absolute atomic E-state index is 0.254. The van der Waals surface area contributed by atoms with Crippen LogP contribution in [0, 0.1) is 5.92 Å². The van der Waals surface area contributed by atoms with Crippen LogP contribution in [0.25, 0.3) is 0 Å². The summed E-state index contributed by atoms with van der Waals surface area (Å²) < 4.78 is 13.7. The molecule has 1 aliphatic heterocycles. The maximum atomic E-state index is 11.6. The van der Waals surface area contributed by atoms with Crippen LogP contribution in [0.15, 0.2) is 0 Å². The summed E-state index contributed by atoms with van der Waals surface area (Å²) in [6, 6.07) is 0. The highest BCUT2D eigenvalue weighted by atomic mass is 16.8. The van der Waals surface area contributed by atoms with Gasteiger partial charge in [0.25, 0.3) is 0 Å². The van der Waals surface area contributed by atoms with Gasteiger partial charge in [0.1, 0.15) is 0 Å². The Balaban J connectivity index is 2.81. The van der Waals surface area contributed by atoms with Gasteiger partial charge in [-0.05, 0) is 18.8 Å². The fourth-order valence-corrected chi connectivity index (χ4v) is 1.57. The first-order valence-corrected chi connectivity index (χ1v) is 5.41. The van der Waals surface area contributed by atoms with Crippen molar-refractivity contribution in [3.63, 3.8) is 0 Å². The summed E-state index contributed by atoms with van der Waals surface area (Å²) in [5, 5.41) is 0. The van der Waals surface area contributed by atoms with Crippen molar-refractivity contribution in [2.45, 2.75) is 38.7 Å². The Morgan fingerprint density at radius 2 is 2.06 bits per heavy atom. The minimum atomic E-state index is -1.51. The Hall–Kier alpha value is -1.59. The number of rotatable bonds is 5. The molecule has 0 N–H and O–H groups in total. The quantitative estimate of drug-likeness (QED) is 0.537. The molecule has 1 rings (SSSR count). The van der Waals surface area contributed by atoms with Crippen LogP contribution in [0.5, 0.6) is 0 Å². The Morgan fingerprint density at radius 1 is 1.41 bits per heavy atom. The predicted octanol–water partition coefficient (Wildman–Crippen LogP) is 1.42. The summed E-state index contributed by atoms with van der Waals surface area (Å²) in [5.41, 5.74) is -1.51. The number of cyclic esters (lactones) is 3. The van der Waals surface area contributed by atoms with Crippen molar-refractivity contribution >= 4 is 18.1 Å². The molecule has 17 heavy (non-hydrogen) atoms. The van der Waals surface area contributed by atoms with Crippen molar-refractivity contribution in [2.75, 3.05) is 7.11 Å². The van der Waals surface area contributed by atoms with E-state index >= 15 is 0 Å². The summed E-state index contributed by atoms with van der Waals surface area (Å²) in [4.78, 5) is 33.8. The van der Waals surface area contributed by atoms with Crippen LogP contribution < -0.4 is 0 Å². The number of hydrogen-bond acceptors (Lipinski definition) is 6. The van der Waals surface area contributed by atoms with Crippen LogP contribution in [0.4, 0.5) is 4.79 Å². The standard InChI is InChI=1S/C11H16O6/c1-7(2)4-5-11(6-8(12)15-3)9(13)16-10(14)17-11/h7H,4-6H2,1-3H3. The van der Waals surface area contributed by atoms with E-state index in [9.17, 15) is 14.4 Å². The van der Waals surface area contributed by atoms with Crippen molar-refractivity contribution in [1.29, 1.82) is 0 Å². The van der Waals surface area contributed by atoms with Crippen LogP contribution in [-0.4, -0.2) is 30.8 Å². The van der Waals surface area contributed by atoms with Gasteiger partial charge in [-0.3, -0.25) is 4.79 Å². The average Bonchev–Trinajstić information content (AvgIpc) is 2.51. The molecule has 1 atom stereocenters. The Labute approximate surface area is 99.2 Å². The molecule has 6 heteroatoms. The van der Waals surface area contributed by atoms with E-state index in [0.29, 0.717) is 12.3 Å². The molecule has 0 bridgehead atoms. The molecule has 0 saturated carbocycles. The van der Waals surface area contributed by atoms with Gasteiger partial charge < -0.3 is 14.2 Å². The van der Waals surface area contributed by atoms with Crippen LogP contribution in [0.1, 0.15) is 33.1 Å². The zero-order valence-electron chi connectivity index (χ0n) is 10.1. The van der Waals surface area contributed by atoms with Gasteiger partial charge in [0.15, 0.2) is 0 Å². The van der Waals surface area contributed by atoms with Crippen LogP contribution in [0.3, 0.4) is 0 Å². The topological polar surface area (TPSA) is 78.9 Å². The highest BCUT2D eigenvalue weighted by Crippen LogP contribution is 2.32. The zero-order chi connectivity index (χ0) is 13.1. The zero-order valence-corrected chi connectivity index (χ0v) is 10.1. The molecule has 1 fully saturated rings. The highest BCUT2D eigenvalue weighted by molar-refractivity contribution is 5.96. The molecule has 1 unspecified atom stereocenters. The molecule has 0 aromatic carbocycles. The molecular formula is C11H16O6. The second-order valence-corrected chi connectivity index (χ2v) is 4.42. The number of carbonyl (C=O) groups excluding carboxylic acids is 3. The summed E-state index contributed by atoms with van der Waals surface area (Å²) in [5.74, 6) is -1.11. The third kappa shape index (κ3) is 3.18. The van der Waals surface area contributed by atoms with E-state index < -0.39 is 23.7 Å². The number of ether oxygens (including phenoxy) is 3. The maximum Gasteiger partial charge on any atom is 0.517 e. The van der Waals surface area contributed by atoms with E-state index in [1.165, 1.54) is 7.11 Å². The van der Waals surface area contributed by atoms with Gasteiger partial charge >= 0.3 is 18.1 Å². The van der Waals surface area contributed by atoms with E-state index in [-0.39, 0.29) is 12.8 Å². The third-order valence-electron chi connectivity index (χ3n) is 2.61. The smallest absolute Gasteiger partial charge is 0.469 e. The molecule has 0 aromatic heterocycles. The van der Waals surface area contributed by atoms with Gasteiger partial charge in [-0.1, -0.05) is 13.8 Å². The molecule has 0 amide bonds. The fraction of sp³-hybridized carbons (Fsp3) is 0.727. The van der Waals surface area contributed by atoms with E-state index in [2.05, 4.69) is 9.47 Å². The van der Waals surface area contributed by atoms with Gasteiger partial charge in [0, 0.05) is 0 Å². The monoisotopic (exact) mass is 244 g/mol. The van der Waals surface area contributed by atoms with Crippen molar-refractivity contribution in [1.82, 2.24) is 0 Å². The van der Waals surface area contributed by atoms with Gasteiger partial charge in [0.05, 0.1) is 13.5 Å². The van der Waals surface area contributed by atoms with Crippen molar-refractivity contribution in [2.24, 2.45) is 5.92 Å². The molecule has 1 saturated heterocycles. The Morgan fingerprint density at radius 3 is 2.47 bits per heavy atom. The van der Waals surface area contributed by atoms with Gasteiger partial charge in [-0.15, -0.1) is 0 Å². The number of esters is 2.